The number of hydrogen-bond donors (Lipinski definition) is 2. The number of halogens is 2. The molecule has 0 saturated heterocycles. The van der Waals surface area contributed by atoms with E-state index in [4.69, 9.17) is 10.7 Å². The number of aryl methyl sites for hydroxylation is 1. The first-order valence-electron chi connectivity index (χ1n) is 12.6. The first kappa shape index (κ1) is 23.9. The summed E-state index contributed by atoms with van der Waals surface area (Å²) in [6.45, 7) is 8.41. The second-order valence-electron chi connectivity index (χ2n) is 10.9. The Labute approximate surface area is 214 Å². The number of hydrogen-bond acceptors (Lipinski definition) is 7. The Morgan fingerprint density at radius 2 is 1.92 bits per heavy atom. The molecule has 1 saturated carbocycles. The van der Waals surface area contributed by atoms with Crippen LogP contribution in [0.2, 0.25) is 0 Å². The maximum atomic E-state index is 15.0. The van der Waals surface area contributed by atoms with Gasteiger partial charge in [0, 0.05) is 48.9 Å². The zero-order valence-corrected chi connectivity index (χ0v) is 21.2. The van der Waals surface area contributed by atoms with Gasteiger partial charge in [-0.05, 0) is 57.4 Å². The van der Waals surface area contributed by atoms with Crippen molar-refractivity contribution in [3.63, 3.8) is 0 Å². The molecule has 0 amide bonds. The van der Waals surface area contributed by atoms with Crippen molar-refractivity contribution in [3.05, 3.63) is 59.2 Å². The highest BCUT2D eigenvalue weighted by atomic mass is 19.1. The third-order valence-corrected chi connectivity index (χ3v) is 6.85. The molecule has 4 heterocycles. The Hall–Kier alpha value is -3.50. The van der Waals surface area contributed by atoms with Crippen molar-refractivity contribution in [1.82, 2.24) is 29.4 Å². The highest BCUT2D eigenvalue weighted by molar-refractivity contribution is 5.83. The minimum atomic E-state index is -0.625. The molecular formula is C27H30F2N8. The maximum Gasteiger partial charge on any atom is 0.229 e. The molecule has 192 valence electrons. The van der Waals surface area contributed by atoms with E-state index in [-0.39, 0.29) is 17.2 Å². The number of anilines is 2. The van der Waals surface area contributed by atoms with Crippen LogP contribution in [-0.2, 0) is 13.0 Å². The molecule has 1 aliphatic heterocycles. The largest absolute Gasteiger partial charge is 0.325 e. The Morgan fingerprint density at radius 1 is 1.11 bits per heavy atom. The highest BCUT2D eigenvalue weighted by Crippen LogP contribution is 2.40. The molecule has 1 fully saturated rings. The number of nitrogens with zero attached hydrogens (tertiary/aromatic N) is 6. The SMILES string of the molecule is Cc1nc2c(F)cc(-c3nc(Nc4ccc5c(n4)CCN(CC(C)(C)N)C5)ncc3F)cc2n1C1CC1. The van der Waals surface area contributed by atoms with E-state index in [9.17, 15) is 8.78 Å². The van der Waals surface area contributed by atoms with E-state index < -0.39 is 11.6 Å². The van der Waals surface area contributed by atoms with Crippen LogP contribution in [-0.4, -0.2) is 48.0 Å². The molecule has 6 rings (SSSR count). The average molecular weight is 505 g/mol. The number of nitrogens with two attached hydrogens (primary N) is 1. The summed E-state index contributed by atoms with van der Waals surface area (Å²) in [5, 5.41) is 3.09. The zero-order valence-electron chi connectivity index (χ0n) is 21.2. The number of benzene rings is 1. The molecule has 0 unspecified atom stereocenters. The van der Waals surface area contributed by atoms with Crippen LogP contribution in [0.5, 0.6) is 0 Å². The molecule has 0 bridgehead atoms. The van der Waals surface area contributed by atoms with Gasteiger partial charge in [-0.2, -0.15) is 0 Å². The van der Waals surface area contributed by atoms with Crippen LogP contribution in [0.1, 0.15) is 49.8 Å². The lowest BCUT2D eigenvalue weighted by Gasteiger charge is -2.33. The standard InChI is InChI=1S/C27H30F2N8/c1-15-32-25-19(28)10-17(11-22(25)37(15)18-5-6-18)24-20(29)12-31-26(35-24)34-23-7-4-16-13-36(14-27(2,3)30)9-8-21(16)33-23/h4,7,10-12,18H,5-6,8-9,13-14,30H2,1-3H3,(H,31,33,34,35). The van der Waals surface area contributed by atoms with Gasteiger partial charge >= 0.3 is 0 Å². The number of nitrogens with one attached hydrogen (secondary N) is 1. The molecule has 4 aromatic rings. The molecule has 3 N–H and O–H groups in total. The average Bonchev–Trinajstić information content (AvgIpc) is 3.61. The molecule has 3 aromatic heterocycles. The highest BCUT2D eigenvalue weighted by Gasteiger charge is 2.28. The predicted molar refractivity (Wildman–Crippen MR) is 138 cm³/mol. The van der Waals surface area contributed by atoms with Crippen LogP contribution in [0.4, 0.5) is 20.5 Å². The fourth-order valence-corrected chi connectivity index (χ4v) is 5.20. The Morgan fingerprint density at radius 3 is 2.68 bits per heavy atom. The van der Waals surface area contributed by atoms with Gasteiger partial charge in [0.25, 0.3) is 0 Å². The van der Waals surface area contributed by atoms with Crippen molar-refractivity contribution in [1.29, 1.82) is 0 Å². The van der Waals surface area contributed by atoms with Crippen LogP contribution in [0.15, 0.2) is 30.5 Å². The van der Waals surface area contributed by atoms with Gasteiger partial charge in [0.05, 0.1) is 11.7 Å². The van der Waals surface area contributed by atoms with E-state index in [0.717, 1.165) is 62.2 Å². The quantitative estimate of drug-likeness (QED) is 0.395. The van der Waals surface area contributed by atoms with Gasteiger partial charge in [0.2, 0.25) is 5.95 Å². The Kier molecular flexibility index (Phi) is 5.68. The second-order valence-corrected chi connectivity index (χ2v) is 10.9. The number of aromatic nitrogens is 5. The van der Waals surface area contributed by atoms with Gasteiger partial charge in [-0.15, -0.1) is 0 Å². The van der Waals surface area contributed by atoms with Gasteiger partial charge in [0.1, 0.15) is 22.9 Å². The number of fused-ring (bicyclic) bond motifs is 2. The van der Waals surface area contributed by atoms with Gasteiger partial charge in [0.15, 0.2) is 11.6 Å². The number of pyridine rings is 1. The lowest BCUT2D eigenvalue weighted by Crippen LogP contribution is -2.46. The third-order valence-electron chi connectivity index (χ3n) is 6.85. The maximum absolute atomic E-state index is 15.0. The second kappa shape index (κ2) is 8.81. The van der Waals surface area contributed by atoms with Crippen LogP contribution >= 0.6 is 0 Å². The molecule has 0 spiro atoms. The van der Waals surface area contributed by atoms with Crippen LogP contribution in [0.25, 0.3) is 22.3 Å². The molecule has 2 aliphatic rings. The molecule has 0 radical (unpaired) electrons. The third kappa shape index (κ3) is 4.78. The van der Waals surface area contributed by atoms with Crippen LogP contribution in [0.3, 0.4) is 0 Å². The fraction of sp³-hybridized carbons (Fsp3) is 0.407. The minimum Gasteiger partial charge on any atom is -0.325 e. The number of rotatable bonds is 6. The smallest absolute Gasteiger partial charge is 0.229 e. The molecule has 10 heteroatoms. The Bertz CT molecular complexity index is 1500. The summed E-state index contributed by atoms with van der Waals surface area (Å²) in [6.07, 6.45) is 3.97. The van der Waals surface area contributed by atoms with E-state index in [0.29, 0.717) is 28.5 Å². The van der Waals surface area contributed by atoms with Crippen molar-refractivity contribution in [3.8, 4) is 11.3 Å². The summed E-state index contributed by atoms with van der Waals surface area (Å²) < 4.78 is 31.9. The van der Waals surface area contributed by atoms with Gasteiger partial charge < -0.3 is 15.6 Å². The lowest BCUT2D eigenvalue weighted by atomic mass is 10.0. The van der Waals surface area contributed by atoms with Gasteiger partial charge in [-0.25, -0.2) is 28.7 Å². The summed E-state index contributed by atoms with van der Waals surface area (Å²) in [5.74, 6) is 0.407. The summed E-state index contributed by atoms with van der Waals surface area (Å²) in [6, 6.07) is 7.26. The van der Waals surface area contributed by atoms with E-state index >= 15 is 0 Å². The van der Waals surface area contributed by atoms with Crippen molar-refractivity contribution in [2.75, 3.05) is 18.4 Å². The van der Waals surface area contributed by atoms with Crippen LogP contribution in [0, 0.1) is 18.6 Å². The van der Waals surface area contributed by atoms with E-state index in [2.05, 4.69) is 25.2 Å². The van der Waals surface area contributed by atoms with Crippen molar-refractivity contribution in [2.24, 2.45) is 5.73 Å². The molecule has 0 atom stereocenters. The first-order valence-corrected chi connectivity index (χ1v) is 12.6. The molecule has 37 heavy (non-hydrogen) atoms. The zero-order chi connectivity index (χ0) is 25.9. The summed E-state index contributed by atoms with van der Waals surface area (Å²) in [7, 11) is 0. The lowest BCUT2D eigenvalue weighted by molar-refractivity contribution is 0.208. The first-order chi connectivity index (χ1) is 17.6. The summed E-state index contributed by atoms with van der Waals surface area (Å²) in [5.41, 5.74) is 9.43. The summed E-state index contributed by atoms with van der Waals surface area (Å²) in [4.78, 5) is 20.0. The van der Waals surface area contributed by atoms with Crippen molar-refractivity contribution in [2.45, 2.75) is 58.2 Å². The topological polar surface area (TPSA) is 97.8 Å². The minimum absolute atomic E-state index is 0.0255. The summed E-state index contributed by atoms with van der Waals surface area (Å²) >= 11 is 0. The van der Waals surface area contributed by atoms with E-state index in [1.165, 1.54) is 6.07 Å². The van der Waals surface area contributed by atoms with E-state index in [1.54, 1.807) is 6.07 Å². The van der Waals surface area contributed by atoms with Crippen molar-refractivity contribution < 1.29 is 8.78 Å². The molecular weight excluding hydrogens is 474 g/mol. The molecule has 1 aromatic carbocycles. The fourth-order valence-electron chi connectivity index (χ4n) is 5.20. The van der Waals surface area contributed by atoms with Gasteiger partial charge in [-0.1, -0.05) is 6.07 Å². The van der Waals surface area contributed by atoms with Crippen LogP contribution < -0.4 is 11.1 Å². The normalized spacial score (nSPS) is 16.3. The monoisotopic (exact) mass is 504 g/mol. The van der Waals surface area contributed by atoms with Crippen molar-refractivity contribution >= 4 is 22.8 Å². The molecule has 1 aliphatic carbocycles. The molecule has 8 nitrogen and oxygen atoms in total. The Balaban J connectivity index is 1.27. The van der Waals surface area contributed by atoms with E-state index in [1.807, 2.05) is 37.5 Å². The predicted octanol–water partition coefficient (Wildman–Crippen LogP) is 4.65. The number of imidazole rings is 1. The van der Waals surface area contributed by atoms with Gasteiger partial charge in [-0.3, -0.25) is 4.90 Å².